The molecule has 1 atom stereocenters. The number of rotatable bonds is 1. The second-order valence-corrected chi connectivity index (χ2v) is 2.29. The summed E-state index contributed by atoms with van der Waals surface area (Å²) < 4.78 is 0. The Labute approximate surface area is 60.5 Å². The van der Waals surface area contributed by atoms with Gasteiger partial charge in [0.15, 0.2) is 0 Å². The third kappa shape index (κ3) is 1.41. The Morgan fingerprint density at radius 1 is 1.60 bits per heavy atom. The molecule has 1 aliphatic carbocycles. The molecule has 0 saturated heterocycles. The molecule has 52 valence electrons. The summed E-state index contributed by atoms with van der Waals surface area (Å²) in [4.78, 5) is 0. The van der Waals surface area contributed by atoms with Crippen molar-refractivity contribution in [2.24, 2.45) is 11.0 Å². The summed E-state index contributed by atoms with van der Waals surface area (Å²) in [5.74, 6) is 0.402. The van der Waals surface area contributed by atoms with Gasteiger partial charge in [-0.2, -0.15) is 5.11 Å². The van der Waals surface area contributed by atoms with E-state index in [1.165, 1.54) is 0 Å². The van der Waals surface area contributed by atoms with E-state index in [9.17, 15) is 0 Å². The highest BCUT2D eigenvalue weighted by molar-refractivity contribution is 5.31. The van der Waals surface area contributed by atoms with E-state index in [1.54, 1.807) is 6.20 Å². The average Bonchev–Trinajstić information content (AvgIpc) is 1.94. The van der Waals surface area contributed by atoms with Gasteiger partial charge in [0.05, 0.1) is 6.20 Å². The molecule has 0 aromatic heterocycles. The first-order chi connectivity index (χ1) is 4.84. The first-order valence-corrected chi connectivity index (χ1v) is 3.26. The van der Waals surface area contributed by atoms with Crippen molar-refractivity contribution in [2.45, 2.75) is 6.92 Å². The van der Waals surface area contributed by atoms with Gasteiger partial charge in [-0.05, 0) is 5.57 Å². The third-order valence-electron chi connectivity index (χ3n) is 1.54. The van der Waals surface area contributed by atoms with E-state index in [4.69, 9.17) is 5.53 Å². The van der Waals surface area contributed by atoms with Crippen LogP contribution in [0.3, 0.4) is 0 Å². The van der Waals surface area contributed by atoms with Crippen LogP contribution < -0.4 is 0 Å². The lowest BCUT2D eigenvalue weighted by atomic mass is 9.98. The number of nitrogens with one attached hydrogen (secondary N) is 1. The summed E-state index contributed by atoms with van der Waals surface area (Å²) in [6.45, 7) is 2.08. The van der Waals surface area contributed by atoms with Gasteiger partial charge in [-0.15, -0.1) is 0 Å². The predicted molar refractivity (Wildman–Crippen MR) is 40.7 cm³/mol. The Hall–Kier alpha value is -1.18. The van der Waals surface area contributed by atoms with Crippen LogP contribution in [0.25, 0.3) is 0 Å². The number of hydrogen-bond acceptors (Lipinski definition) is 2. The number of nitrogens with zero attached hydrogens (tertiary/aromatic N) is 1. The van der Waals surface area contributed by atoms with Crippen molar-refractivity contribution in [3.8, 4) is 0 Å². The summed E-state index contributed by atoms with van der Waals surface area (Å²) >= 11 is 0. The van der Waals surface area contributed by atoms with Crippen LogP contribution in [0.4, 0.5) is 0 Å². The summed E-state index contributed by atoms with van der Waals surface area (Å²) in [7, 11) is 0. The minimum Gasteiger partial charge on any atom is -0.205 e. The molecule has 0 spiro atoms. The molecule has 0 aromatic carbocycles. The van der Waals surface area contributed by atoms with Crippen molar-refractivity contribution in [2.75, 3.05) is 0 Å². The van der Waals surface area contributed by atoms with Gasteiger partial charge in [0.1, 0.15) is 0 Å². The molecular weight excluding hydrogens is 124 g/mol. The molecule has 1 unspecified atom stereocenters. The molecular formula is C8H10N2. The highest BCUT2D eigenvalue weighted by atomic mass is 14.9. The molecule has 2 nitrogen and oxygen atoms in total. The molecule has 0 radical (unpaired) electrons. The second kappa shape index (κ2) is 3.11. The Morgan fingerprint density at radius 2 is 2.40 bits per heavy atom. The fourth-order valence-corrected chi connectivity index (χ4v) is 0.896. The SMILES string of the molecule is CC1C=CC=C/C1=C/N=N. The molecule has 1 aliphatic rings. The molecule has 2 heteroatoms. The zero-order valence-corrected chi connectivity index (χ0v) is 5.91. The molecule has 0 bridgehead atoms. The van der Waals surface area contributed by atoms with E-state index >= 15 is 0 Å². The third-order valence-corrected chi connectivity index (χ3v) is 1.54. The zero-order chi connectivity index (χ0) is 7.40. The van der Waals surface area contributed by atoms with E-state index in [0.717, 1.165) is 5.57 Å². The normalized spacial score (nSPS) is 27.3. The van der Waals surface area contributed by atoms with Crippen LogP contribution in [0.2, 0.25) is 0 Å². The van der Waals surface area contributed by atoms with E-state index < -0.39 is 0 Å². The summed E-state index contributed by atoms with van der Waals surface area (Å²) in [6, 6.07) is 0. The van der Waals surface area contributed by atoms with Gasteiger partial charge in [-0.25, -0.2) is 5.53 Å². The standard InChI is InChI=1S/C8H10N2/c1-7-4-2-3-5-8(7)6-10-9/h2-7,9H,1H3/b8-6-,10-9?. The van der Waals surface area contributed by atoms with Crippen molar-refractivity contribution in [3.05, 3.63) is 36.1 Å². The fraction of sp³-hybridized carbons (Fsp3) is 0.250. The van der Waals surface area contributed by atoms with Gasteiger partial charge >= 0.3 is 0 Å². The molecule has 0 aromatic rings. The van der Waals surface area contributed by atoms with Crippen LogP contribution in [-0.2, 0) is 0 Å². The number of allylic oxidation sites excluding steroid dienone is 5. The van der Waals surface area contributed by atoms with Crippen molar-refractivity contribution < 1.29 is 0 Å². The first kappa shape index (κ1) is 6.93. The van der Waals surface area contributed by atoms with E-state index in [-0.39, 0.29) is 0 Å². The topological polar surface area (TPSA) is 36.2 Å². The largest absolute Gasteiger partial charge is 0.205 e. The lowest BCUT2D eigenvalue weighted by molar-refractivity contribution is 0.872. The Balaban J connectivity index is 2.79. The van der Waals surface area contributed by atoms with Gasteiger partial charge < -0.3 is 0 Å². The van der Waals surface area contributed by atoms with Crippen LogP contribution >= 0.6 is 0 Å². The second-order valence-electron chi connectivity index (χ2n) is 2.29. The van der Waals surface area contributed by atoms with Crippen LogP contribution in [-0.4, -0.2) is 0 Å². The predicted octanol–water partition coefficient (Wildman–Crippen LogP) is 2.66. The van der Waals surface area contributed by atoms with E-state index in [0.29, 0.717) is 5.92 Å². The van der Waals surface area contributed by atoms with Crippen LogP contribution in [0, 0.1) is 11.4 Å². The van der Waals surface area contributed by atoms with Crippen molar-refractivity contribution in [1.82, 2.24) is 0 Å². The monoisotopic (exact) mass is 134 g/mol. The molecule has 1 rings (SSSR count). The maximum atomic E-state index is 6.62. The van der Waals surface area contributed by atoms with Gasteiger partial charge in [0.2, 0.25) is 0 Å². The van der Waals surface area contributed by atoms with Gasteiger partial charge in [0.25, 0.3) is 0 Å². The first-order valence-electron chi connectivity index (χ1n) is 3.26. The minimum absolute atomic E-state index is 0.402. The van der Waals surface area contributed by atoms with Crippen LogP contribution in [0.15, 0.2) is 41.2 Å². The smallest absolute Gasteiger partial charge is 0.0526 e. The Kier molecular flexibility index (Phi) is 2.15. The quantitative estimate of drug-likeness (QED) is 0.535. The van der Waals surface area contributed by atoms with Gasteiger partial charge in [-0.3, -0.25) is 0 Å². The number of hydrogen-bond donors (Lipinski definition) is 1. The Morgan fingerprint density at radius 3 is 3.00 bits per heavy atom. The molecule has 0 amide bonds. The van der Waals surface area contributed by atoms with Crippen LogP contribution in [0.5, 0.6) is 0 Å². The molecule has 0 fully saturated rings. The minimum atomic E-state index is 0.402. The maximum Gasteiger partial charge on any atom is 0.0526 e. The van der Waals surface area contributed by atoms with Gasteiger partial charge in [-0.1, -0.05) is 31.2 Å². The molecule has 0 aliphatic heterocycles. The maximum absolute atomic E-state index is 6.62. The summed E-state index contributed by atoms with van der Waals surface area (Å²) in [6.07, 6.45) is 9.59. The highest BCUT2D eigenvalue weighted by Crippen LogP contribution is 2.17. The molecule has 1 N–H and O–H groups in total. The van der Waals surface area contributed by atoms with Crippen molar-refractivity contribution >= 4 is 0 Å². The molecule has 0 heterocycles. The Bertz CT molecular complexity index is 211. The van der Waals surface area contributed by atoms with Crippen molar-refractivity contribution in [3.63, 3.8) is 0 Å². The van der Waals surface area contributed by atoms with Crippen LogP contribution in [0.1, 0.15) is 6.92 Å². The fourth-order valence-electron chi connectivity index (χ4n) is 0.896. The molecule has 0 saturated carbocycles. The molecule has 10 heavy (non-hydrogen) atoms. The zero-order valence-electron chi connectivity index (χ0n) is 5.91. The van der Waals surface area contributed by atoms with Crippen molar-refractivity contribution in [1.29, 1.82) is 5.53 Å². The summed E-state index contributed by atoms with van der Waals surface area (Å²) in [5.41, 5.74) is 7.71. The van der Waals surface area contributed by atoms with Gasteiger partial charge in [0, 0.05) is 5.92 Å². The lowest BCUT2D eigenvalue weighted by Gasteiger charge is -2.08. The van der Waals surface area contributed by atoms with E-state index in [1.807, 2.05) is 18.2 Å². The lowest BCUT2D eigenvalue weighted by Crippen LogP contribution is -1.94. The summed E-state index contributed by atoms with van der Waals surface area (Å²) in [5, 5.41) is 3.21. The van der Waals surface area contributed by atoms with E-state index in [2.05, 4.69) is 18.1 Å². The highest BCUT2D eigenvalue weighted by Gasteiger charge is 2.02. The average molecular weight is 134 g/mol.